The lowest BCUT2D eigenvalue weighted by Gasteiger charge is -2.10. The molecule has 0 saturated carbocycles. The first-order valence-electron chi connectivity index (χ1n) is 3.70. The second-order valence-corrected chi connectivity index (χ2v) is 3.99. The number of carbonyl (C=O) groups excluding carboxylic acids is 1. The van der Waals surface area contributed by atoms with Gasteiger partial charge in [-0.3, -0.25) is 4.79 Å². The topological polar surface area (TPSA) is 17.1 Å². The van der Waals surface area contributed by atoms with E-state index in [0.717, 1.165) is 13.0 Å². The standard InChI is InChI=1S/C9H6F3IO/c1-5(14)7-4-6(13)2-3-8(7)9(10,11)12/h2-4H,1H3. The van der Waals surface area contributed by atoms with Gasteiger partial charge in [-0.05, 0) is 47.7 Å². The summed E-state index contributed by atoms with van der Waals surface area (Å²) in [6.07, 6.45) is -4.47. The number of ketones is 1. The number of benzene rings is 1. The molecule has 0 spiro atoms. The van der Waals surface area contributed by atoms with Crippen molar-refractivity contribution in [3.05, 3.63) is 32.9 Å². The lowest BCUT2D eigenvalue weighted by atomic mass is 10.0. The summed E-state index contributed by atoms with van der Waals surface area (Å²) in [5.41, 5.74) is -1.14. The minimum Gasteiger partial charge on any atom is -0.294 e. The molecule has 0 N–H and O–H groups in total. The van der Waals surface area contributed by atoms with E-state index < -0.39 is 17.5 Å². The number of halogens is 4. The van der Waals surface area contributed by atoms with Gasteiger partial charge in [-0.1, -0.05) is 0 Å². The highest BCUT2D eigenvalue weighted by atomic mass is 127. The molecule has 0 fully saturated rings. The molecular formula is C9H6F3IO. The number of alkyl halides is 3. The van der Waals surface area contributed by atoms with Crippen molar-refractivity contribution in [3.63, 3.8) is 0 Å². The van der Waals surface area contributed by atoms with Gasteiger partial charge in [0.1, 0.15) is 0 Å². The molecule has 76 valence electrons. The average molecular weight is 314 g/mol. The maximum atomic E-state index is 12.4. The molecule has 0 aliphatic rings. The second-order valence-electron chi connectivity index (χ2n) is 2.74. The third kappa shape index (κ3) is 2.46. The predicted octanol–water partition coefficient (Wildman–Crippen LogP) is 3.51. The van der Waals surface area contributed by atoms with Crippen LogP contribution in [0.25, 0.3) is 0 Å². The van der Waals surface area contributed by atoms with Gasteiger partial charge in [0.05, 0.1) is 5.56 Å². The highest BCUT2D eigenvalue weighted by Gasteiger charge is 2.34. The van der Waals surface area contributed by atoms with E-state index >= 15 is 0 Å². The van der Waals surface area contributed by atoms with Crippen LogP contribution >= 0.6 is 22.6 Å². The Kier molecular flexibility index (Phi) is 3.18. The molecule has 0 amide bonds. The van der Waals surface area contributed by atoms with Gasteiger partial charge < -0.3 is 0 Å². The number of rotatable bonds is 1. The Morgan fingerprint density at radius 1 is 1.36 bits per heavy atom. The second kappa shape index (κ2) is 3.88. The van der Waals surface area contributed by atoms with Crippen LogP contribution in [0.3, 0.4) is 0 Å². The van der Waals surface area contributed by atoms with Gasteiger partial charge in [0.15, 0.2) is 5.78 Å². The number of hydrogen-bond donors (Lipinski definition) is 0. The van der Waals surface area contributed by atoms with Crippen LogP contribution < -0.4 is 0 Å². The van der Waals surface area contributed by atoms with Crippen LogP contribution in [0.2, 0.25) is 0 Å². The third-order valence-corrected chi connectivity index (χ3v) is 2.34. The van der Waals surface area contributed by atoms with Crippen molar-refractivity contribution in [1.82, 2.24) is 0 Å². The smallest absolute Gasteiger partial charge is 0.294 e. The van der Waals surface area contributed by atoms with E-state index in [1.165, 1.54) is 12.1 Å². The summed E-state index contributed by atoms with van der Waals surface area (Å²) < 4.78 is 37.8. The van der Waals surface area contributed by atoms with E-state index in [1.54, 1.807) is 0 Å². The summed E-state index contributed by atoms with van der Waals surface area (Å²) >= 11 is 1.86. The first-order chi connectivity index (χ1) is 6.32. The lowest BCUT2D eigenvalue weighted by Crippen LogP contribution is -2.11. The molecule has 0 unspecified atom stereocenters. The highest BCUT2D eigenvalue weighted by molar-refractivity contribution is 14.1. The van der Waals surface area contributed by atoms with E-state index in [0.29, 0.717) is 3.57 Å². The van der Waals surface area contributed by atoms with Crippen molar-refractivity contribution in [3.8, 4) is 0 Å². The highest BCUT2D eigenvalue weighted by Crippen LogP contribution is 2.32. The fourth-order valence-corrected chi connectivity index (χ4v) is 1.55. The van der Waals surface area contributed by atoms with Crippen LogP contribution in [0.4, 0.5) is 13.2 Å². The average Bonchev–Trinajstić information content (AvgIpc) is 2.01. The van der Waals surface area contributed by atoms with Crippen LogP contribution in [-0.2, 0) is 6.18 Å². The van der Waals surface area contributed by atoms with Gasteiger partial charge in [0.2, 0.25) is 0 Å². The third-order valence-electron chi connectivity index (χ3n) is 1.67. The van der Waals surface area contributed by atoms with E-state index in [4.69, 9.17) is 0 Å². The minimum absolute atomic E-state index is 0.274. The van der Waals surface area contributed by atoms with Crippen molar-refractivity contribution < 1.29 is 18.0 Å². The van der Waals surface area contributed by atoms with Crippen LogP contribution in [0, 0.1) is 3.57 Å². The molecule has 14 heavy (non-hydrogen) atoms. The summed E-state index contributed by atoms with van der Waals surface area (Å²) in [6, 6.07) is 3.50. The van der Waals surface area contributed by atoms with E-state index in [2.05, 4.69) is 0 Å². The van der Waals surface area contributed by atoms with Gasteiger partial charge in [-0.2, -0.15) is 13.2 Å². The molecule has 0 radical (unpaired) electrons. The maximum absolute atomic E-state index is 12.4. The molecule has 1 aromatic carbocycles. The molecule has 0 bridgehead atoms. The summed E-state index contributed by atoms with van der Waals surface area (Å²) in [6.45, 7) is 1.13. The zero-order chi connectivity index (χ0) is 10.9. The monoisotopic (exact) mass is 314 g/mol. The number of hydrogen-bond acceptors (Lipinski definition) is 1. The molecule has 5 heteroatoms. The van der Waals surface area contributed by atoms with Gasteiger partial charge in [0.25, 0.3) is 0 Å². The van der Waals surface area contributed by atoms with Crippen LogP contribution in [0.1, 0.15) is 22.8 Å². The zero-order valence-corrected chi connectivity index (χ0v) is 9.31. The first kappa shape index (κ1) is 11.5. The molecular weight excluding hydrogens is 308 g/mol. The fraction of sp³-hybridized carbons (Fsp3) is 0.222. The Morgan fingerprint density at radius 2 is 1.93 bits per heavy atom. The predicted molar refractivity (Wildman–Crippen MR) is 54.2 cm³/mol. The lowest BCUT2D eigenvalue weighted by molar-refractivity contribution is -0.137. The van der Waals surface area contributed by atoms with Crippen molar-refractivity contribution in [2.24, 2.45) is 0 Å². The molecule has 0 saturated heterocycles. The van der Waals surface area contributed by atoms with Crippen LogP contribution in [0.5, 0.6) is 0 Å². The van der Waals surface area contributed by atoms with Crippen molar-refractivity contribution in [1.29, 1.82) is 0 Å². The molecule has 1 nitrogen and oxygen atoms in total. The van der Waals surface area contributed by atoms with Crippen molar-refractivity contribution in [2.45, 2.75) is 13.1 Å². The Balaban J connectivity index is 3.37. The van der Waals surface area contributed by atoms with Gasteiger partial charge in [-0.15, -0.1) is 0 Å². The molecule has 0 atom stereocenters. The minimum atomic E-state index is -4.47. The quantitative estimate of drug-likeness (QED) is 0.573. The van der Waals surface area contributed by atoms with Gasteiger partial charge >= 0.3 is 6.18 Å². The van der Waals surface area contributed by atoms with E-state index in [1.807, 2.05) is 22.6 Å². The van der Waals surface area contributed by atoms with Gasteiger partial charge in [0, 0.05) is 9.13 Å². The molecule has 0 aliphatic heterocycles. The van der Waals surface area contributed by atoms with Crippen molar-refractivity contribution >= 4 is 28.4 Å². The molecule has 0 aromatic heterocycles. The van der Waals surface area contributed by atoms with Crippen molar-refractivity contribution in [2.75, 3.05) is 0 Å². The Labute approximate surface area is 92.4 Å². The van der Waals surface area contributed by atoms with E-state index in [-0.39, 0.29) is 5.56 Å². The fourth-order valence-electron chi connectivity index (χ4n) is 1.05. The normalized spacial score (nSPS) is 11.5. The Bertz CT molecular complexity index is 371. The van der Waals surface area contributed by atoms with Crippen LogP contribution in [-0.4, -0.2) is 5.78 Å². The summed E-state index contributed by atoms with van der Waals surface area (Å²) in [4.78, 5) is 11.0. The Morgan fingerprint density at radius 3 is 2.36 bits per heavy atom. The molecule has 1 rings (SSSR count). The zero-order valence-electron chi connectivity index (χ0n) is 7.15. The summed E-state index contributed by atoms with van der Waals surface area (Å²) in [5, 5.41) is 0. The molecule has 0 heterocycles. The van der Waals surface area contributed by atoms with Gasteiger partial charge in [-0.25, -0.2) is 0 Å². The molecule has 1 aromatic rings. The molecule has 0 aliphatic carbocycles. The SMILES string of the molecule is CC(=O)c1cc(I)ccc1C(F)(F)F. The number of carbonyl (C=O) groups is 1. The largest absolute Gasteiger partial charge is 0.417 e. The summed E-state index contributed by atoms with van der Waals surface area (Å²) in [5.74, 6) is -0.573. The Hall–Kier alpha value is -0.590. The van der Waals surface area contributed by atoms with E-state index in [9.17, 15) is 18.0 Å². The summed E-state index contributed by atoms with van der Waals surface area (Å²) in [7, 11) is 0. The maximum Gasteiger partial charge on any atom is 0.417 e. The van der Waals surface area contributed by atoms with Crippen LogP contribution in [0.15, 0.2) is 18.2 Å². The number of Topliss-reactive ketones (excluding diaryl/α,β-unsaturated/α-hetero) is 1. The first-order valence-corrected chi connectivity index (χ1v) is 4.78.